The minimum Gasteiger partial charge on any atom is -0.444 e. The van der Waals surface area contributed by atoms with Crippen molar-refractivity contribution in [1.29, 1.82) is 0 Å². The fourth-order valence-electron chi connectivity index (χ4n) is 2.50. The Labute approximate surface area is 181 Å². The van der Waals surface area contributed by atoms with Crippen LogP contribution in [-0.2, 0) is 16.1 Å². The molecule has 0 unspecified atom stereocenters. The lowest BCUT2D eigenvalue weighted by Crippen LogP contribution is -2.34. The maximum atomic E-state index is 12.3. The number of amides is 3. The lowest BCUT2D eigenvalue weighted by molar-refractivity contribution is -0.116. The highest BCUT2D eigenvalue weighted by atomic mass is 35.5. The molecule has 0 radical (unpaired) electrons. The average Bonchev–Trinajstić information content (AvgIpc) is 2.65. The third kappa shape index (κ3) is 8.13. The van der Waals surface area contributed by atoms with E-state index in [9.17, 15) is 14.4 Å². The molecule has 0 aliphatic heterocycles. The number of anilines is 1. The summed E-state index contributed by atoms with van der Waals surface area (Å²) in [5.41, 5.74) is 1.23. The van der Waals surface area contributed by atoms with Crippen molar-refractivity contribution in [2.75, 3.05) is 11.9 Å². The van der Waals surface area contributed by atoms with Gasteiger partial charge in [0.2, 0.25) is 5.91 Å². The summed E-state index contributed by atoms with van der Waals surface area (Å²) in [6.07, 6.45) is -0.459. The molecule has 2 aromatic carbocycles. The minimum atomic E-state index is -0.589. The van der Waals surface area contributed by atoms with Crippen molar-refractivity contribution in [3.63, 3.8) is 0 Å². The number of hydrogen-bond donors (Lipinski definition) is 3. The van der Waals surface area contributed by atoms with Gasteiger partial charge in [-0.25, -0.2) is 4.79 Å². The Hall–Kier alpha value is -3.06. The second kappa shape index (κ2) is 10.6. The van der Waals surface area contributed by atoms with Crippen molar-refractivity contribution in [1.82, 2.24) is 10.6 Å². The van der Waals surface area contributed by atoms with Crippen LogP contribution in [0.1, 0.15) is 43.1 Å². The first-order valence-electron chi connectivity index (χ1n) is 9.52. The molecule has 2 aromatic rings. The van der Waals surface area contributed by atoms with Gasteiger partial charge in [0.25, 0.3) is 5.91 Å². The third-order valence-corrected chi connectivity index (χ3v) is 4.13. The number of rotatable bonds is 7. The second-order valence-electron chi connectivity index (χ2n) is 7.59. The van der Waals surface area contributed by atoms with E-state index in [1.165, 1.54) is 0 Å². The van der Waals surface area contributed by atoms with Crippen molar-refractivity contribution in [2.24, 2.45) is 0 Å². The number of nitrogens with one attached hydrogen (secondary N) is 3. The summed E-state index contributed by atoms with van der Waals surface area (Å²) in [7, 11) is 0. The average molecular weight is 432 g/mol. The molecule has 3 amide bonds. The Morgan fingerprint density at radius 3 is 2.43 bits per heavy atom. The summed E-state index contributed by atoms with van der Waals surface area (Å²) in [5, 5.41) is 8.50. The predicted octanol–water partition coefficient (Wildman–Crippen LogP) is 4.12. The summed E-state index contributed by atoms with van der Waals surface area (Å²) in [6, 6.07) is 14.0. The van der Waals surface area contributed by atoms with E-state index in [0.29, 0.717) is 16.3 Å². The van der Waals surface area contributed by atoms with Gasteiger partial charge >= 0.3 is 6.09 Å². The van der Waals surface area contributed by atoms with Crippen molar-refractivity contribution in [3.05, 3.63) is 64.7 Å². The molecule has 0 saturated carbocycles. The third-order valence-electron chi connectivity index (χ3n) is 3.80. The number of benzene rings is 2. The fourth-order valence-corrected chi connectivity index (χ4v) is 2.72. The Morgan fingerprint density at radius 2 is 1.73 bits per heavy atom. The van der Waals surface area contributed by atoms with Crippen LogP contribution >= 0.6 is 11.6 Å². The lowest BCUT2D eigenvalue weighted by atomic mass is 10.1. The quantitative estimate of drug-likeness (QED) is 0.614. The number of hydrogen-bond acceptors (Lipinski definition) is 4. The van der Waals surface area contributed by atoms with Gasteiger partial charge in [-0.05, 0) is 50.6 Å². The molecule has 7 nitrogen and oxygen atoms in total. The minimum absolute atomic E-state index is 0.104. The fraction of sp³-hybridized carbons (Fsp3) is 0.318. The molecule has 30 heavy (non-hydrogen) atoms. The number of carbonyl (C=O) groups excluding carboxylic acids is 3. The molecule has 3 N–H and O–H groups in total. The van der Waals surface area contributed by atoms with Gasteiger partial charge in [0.05, 0.1) is 10.6 Å². The molecule has 0 aromatic heterocycles. The van der Waals surface area contributed by atoms with E-state index in [-0.39, 0.29) is 31.3 Å². The van der Waals surface area contributed by atoms with Crippen LogP contribution in [0.25, 0.3) is 0 Å². The topological polar surface area (TPSA) is 96.5 Å². The lowest BCUT2D eigenvalue weighted by Gasteiger charge is -2.19. The van der Waals surface area contributed by atoms with Crippen molar-refractivity contribution < 1.29 is 19.1 Å². The van der Waals surface area contributed by atoms with Crippen LogP contribution in [0.15, 0.2) is 48.5 Å². The van der Waals surface area contributed by atoms with Gasteiger partial charge in [-0.1, -0.05) is 35.9 Å². The predicted molar refractivity (Wildman–Crippen MR) is 117 cm³/mol. The number of alkyl carbamates (subject to hydrolysis) is 1. The molecule has 0 spiro atoms. The van der Waals surface area contributed by atoms with E-state index < -0.39 is 11.7 Å². The summed E-state index contributed by atoms with van der Waals surface area (Å²) >= 11 is 6.03. The molecule has 0 saturated heterocycles. The largest absolute Gasteiger partial charge is 0.444 e. The van der Waals surface area contributed by atoms with Crippen LogP contribution in [0, 0.1) is 0 Å². The molecule has 2 rings (SSSR count). The van der Waals surface area contributed by atoms with Crippen LogP contribution in [-0.4, -0.2) is 30.1 Å². The molecule has 0 atom stereocenters. The zero-order valence-corrected chi connectivity index (χ0v) is 18.0. The number of carbonyl (C=O) groups is 3. The summed E-state index contributed by atoms with van der Waals surface area (Å²) in [6.45, 7) is 5.75. The summed E-state index contributed by atoms with van der Waals surface area (Å²) in [5.74, 6) is -0.522. The van der Waals surface area contributed by atoms with Crippen LogP contribution < -0.4 is 16.0 Å². The van der Waals surface area contributed by atoms with Crippen molar-refractivity contribution >= 4 is 35.2 Å². The van der Waals surface area contributed by atoms with E-state index >= 15 is 0 Å². The van der Waals surface area contributed by atoms with Crippen molar-refractivity contribution in [3.8, 4) is 0 Å². The summed E-state index contributed by atoms with van der Waals surface area (Å²) < 4.78 is 5.11. The van der Waals surface area contributed by atoms with E-state index in [1.54, 1.807) is 63.2 Å². The molecule has 160 valence electrons. The van der Waals surface area contributed by atoms with E-state index in [1.807, 2.05) is 6.07 Å². The molecular weight excluding hydrogens is 406 g/mol. The normalized spacial score (nSPS) is 10.8. The van der Waals surface area contributed by atoms with Gasteiger partial charge in [0.15, 0.2) is 0 Å². The smallest absolute Gasteiger partial charge is 0.407 e. The zero-order valence-electron chi connectivity index (χ0n) is 17.3. The SMILES string of the molecule is CC(C)(C)OC(=O)NCCC(=O)Nc1cccc(CNC(=O)c2ccccc2Cl)c1. The van der Waals surface area contributed by atoms with Gasteiger partial charge < -0.3 is 20.7 Å². The monoisotopic (exact) mass is 431 g/mol. The van der Waals surface area contributed by atoms with Gasteiger partial charge in [-0.2, -0.15) is 0 Å². The van der Waals surface area contributed by atoms with Gasteiger partial charge in [0.1, 0.15) is 5.60 Å². The Morgan fingerprint density at radius 1 is 1.00 bits per heavy atom. The van der Waals surface area contributed by atoms with Crippen molar-refractivity contribution in [2.45, 2.75) is 39.3 Å². The highest BCUT2D eigenvalue weighted by Crippen LogP contribution is 2.15. The molecule has 0 aliphatic carbocycles. The first kappa shape index (κ1) is 23.2. The number of ether oxygens (including phenoxy) is 1. The highest BCUT2D eigenvalue weighted by Gasteiger charge is 2.16. The summed E-state index contributed by atoms with van der Waals surface area (Å²) in [4.78, 5) is 35.9. The van der Waals surface area contributed by atoms with E-state index in [0.717, 1.165) is 5.56 Å². The first-order chi connectivity index (χ1) is 14.1. The molecule has 0 heterocycles. The number of halogens is 1. The van der Waals surface area contributed by atoms with Gasteiger partial charge in [0, 0.05) is 25.2 Å². The van der Waals surface area contributed by atoms with Crippen LogP contribution in [0.3, 0.4) is 0 Å². The maximum absolute atomic E-state index is 12.3. The Balaban J connectivity index is 1.81. The second-order valence-corrected chi connectivity index (χ2v) is 8.00. The molecule has 0 fully saturated rings. The molecular formula is C22H26ClN3O4. The standard InChI is InChI=1S/C22H26ClN3O4/c1-22(2,3)30-21(29)24-12-11-19(27)26-16-8-6-7-15(13-16)14-25-20(28)17-9-4-5-10-18(17)23/h4-10,13H,11-12,14H2,1-3H3,(H,24,29)(H,25,28)(H,26,27). The van der Waals surface area contributed by atoms with Crippen LogP contribution in [0.4, 0.5) is 10.5 Å². The zero-order chi connectivity index (χ0) is 22.1. The molecule has 0 aliphatic rings. The van der Waals surface area contributed by atoms with Gasteiger partial charge in [-0.3, -0.25) is 9.59 Å². The van der Waals surface area contributed by atoms with Gasteiger partial charge in [-0.15, -0.1) is 0 Å². The maximum Gasteiger partial charge on any atom is 0.407 e. The first-order valence-corrected chi connectivity index (χ1v) is 9.90. The molecule has 8 heteroatoms. The Kier molecular flexibility index (Phi) is 8.24. The van der Waals surface area contributed by atoms with Crippen LogP contribution in [0.5, 0.6) is 0 Å². The Bertz CT molecular complexity index is 909. The highest BCUT2D eigenvalue weighted by molar-refractivity contribution is 6.33. The van der Waals surface area contributed by atoms with Crippen LogP contribution in [0.2, 0.25) is 5.02 Å². The van der Waals surface area contributed by atoms with E-state index in [2.05, 4.69) is 16.0 Å². The molecule has 0 bridgehead atoms. The van der Waals surface area contributed by atoms with E-state index in [4.69, 9.17) is 16.3 Å².